The lowest BCUT2D eigenvalue weighted by Crippen LogP contribution is -2.45. The topological polar surface area (TPSA) is 89.9 Å². The Morgan fingerprint density at radius 1 is 1.36 bits per heavy atom. The fourth-order valence-corrected chi connectivity index (χ4v) is 4.82. The van der Waals surface area contributed by atoms with Gasteiger partial charge in [-0.05, 0) is 37.8 Å². The summed E-state index contributed by atoms with van der Waals surface area (Å²) in [6.45, 7) is 6.26. The zero-order valence-electron chi connectivity index (χ0n) is 16.4. The summed E-state index contributed by atoms with van der Waals surface area (Å²) in [6, 6.07) is 3.95. The molecule has 3 heterocycles. The quantitative estimate of drug-likeness (QED) is 0.522. The van der Waals surface area contributed by atoms with Gasteiger partial charge in [-0.3, -0.25) is 4.99 Å². The van der Waals surface area contributed by atoms with Crippen LogP contribution in [-0.4, -0.2) is 75.2 Å². The number of aliphatic imine (C=N–C) groups is 1. The molecule has 0 aromatic carbocycles. The minimum absolute atomic E-state index is 0.256. The van der Waals surface area contributed by atoms with Crippen LogP contribution in [0.15, 0.2) is 23.3 Å². The van der Waals surface area contributed by atoms with Crippen LogP contribution in [-0.2, 0) is 10.0 Å². The molecule has 28 heavy (non-hydrogen) atoms. The van der Waals surface area contributed by atoms with Crippen LogP contribution in [0.2, 0.25) is 5.02 Å². The number of hydrogen-bond acceptors (Lipinski definition) is 5. The predicted octanol–water partition coefficient (Wildman–Crippen LogP) is 1.15. The van der Waals surface area contributed by atoms with E-state index < -0.39 is 10.0 Å². The van der Waals surface area contributed by atoms with E-state index in [0.29, 0.717) is 24.7 Å². The highest BCUT2D eigenvalue weighted by molar-refractivity contribution is 7.88. The minimum atomic E-state index is -3.11. The number of halogens is 1. The molecule has 0 bridgehead atoms. The molecule has 0 spiro atoms. The van der Waals surface area contributed by atoms with E-state index in [0.717, 1.165) is 44.3 Å². The van der Waals surface area contributed by atoms with Crippen molar-refractivity contribution in [2.75, 3.05) is 50.4 Å². The van der Waals surface area contributed by atoms with Gasteiger partial charge in [-0.25, -0.2) is 17.7 Å². The maximum Gasteiger partial charge on any atom is 0.211 e. The Kier molecular flexibility index (Phi) is 7.00. The van der Waals surface area contributed by atoms with Gasteiger partial charge in [0.15, 0.2) is 5.96 Å². The Balaban J connectivity index is 1.55. The van der Waals surface area contributed by atoms with E-state index in [-0.39, 0.29) is 12.0 Å². The molecule has 156 valence electrons. The standard InChI is InChI=1S/C18H29ClN6O2S/c1-3-20-18(22-11-14-6-10-25(12-14)28(2,26)27)23-15-7-9-24(13-15)17-16(19)5-4-8-21-17/h4-5,8,14-15H,3,6-7,9-13H2,1-2H3,(H2,20,22,23). The van der Waals surface area contributed by atoms with Gasteiger partial charge in [0.05, 0.1) is 11.3 Å². The molecule has 1 aromatic heterocycles. The first-order valence-electron chi connectivity index (χ1n) is 9.72. The van der Waals surface area contributed by atoms with Crippen LogP contribution in [0, 0.1) is 5.92 Å². The van der Waals surface area contributed by atoms with Crippen LogP contribution in [0.25, 0.3) is 0 Å². The number of guanidine groups is 1. The summed E-state index contributed by atoms with van der Waals surface area (Å²) in [5.74, 6) is 1.86. The normalized spacial score (nSPS) is 24.0. The Morgan fingerprint density at radius 2 is 2.18 bits per heavy atom. The number of anilines is 1. The molecular formula is C18H29ClN6O2S. The summed E-state index contributed by atoms with van der Waals surface area (Å²) in [5, 5.41) is 7.45. The van der Waals surface area contributed by atoms with E-state index in [1.54, 1.807) is 10.5 Å². The van der Waals surface area contributed by atoms with Crippen molar-refractivity contribution < 1.29 is 8.42 Å². The SMILES string of the molecule is CCNC(=NCC1CCN(S(C)(=O)=O)C1)NC1CCN(c2ncccc2Cl)C1. The van der Waals surface area contributed by atoms with Gasteiger partial charge in [0.25, 0.3) is 0 Å². The second-order valence-corrected chi connectivity index (χ2v) is 9.77. The maximum atomic E-state index is 11.7. The summed E-state index contributed by atoms with van der Waals surface area (Å²) in [6.07, 6.45) is 4.85. The number of nitrogens with one attached hydrogen (secondary N) is 2. The fraction of sp³-hybridized carbons (Fsp3) is 0.667. The molecule has 2 atom stereocenters. The number of aromatic nitrogens is 1. The lowest BCUT2D eigenvalue weighted by Gasteiger charge is -2.20. The number of hydrogen-bond donors (Lipinski definition) is 2. The van der Waals surface area contributed by atoms with Gasteiger partial charge in [0.1, 0.15) is 5.82 Å². The van der Waals surface area contributed by atoms with Crippen LogP contribution in [0.4, 0.5) is 5.82 Å². The highest BCUT2D eigenvalue weighted by Gasteiger charge is 2.29. The van der Waals surface area contributed by atoms with Gasteiger partial charge < -0.3 is 15.5 Å². The summed E-state index contributed by atoms with van der Waals surface area (Å²) in [7, 11) is -3.11. The maximum absolute atomic E-state index is 11.7. The fourth-order valence-electron chi connectivity index (χ4n) is 3.66. The molecule has 0 radical (unpaired) electrons. The first kappa shape index (κ1) is 21.1. The summed E-state index contributed by atoms with van der Waals surface area (Å²) in [5.41, 5.74) is 0. The number of pyridine rings is 1. The summed E-state index contributed by atoms with van der Waals surface area (Å²) < 4.78 is 24.9. The Labute approximate surface area is 172 Å². The lowest BCUT2D eigenvalue weighted by molar-refractivity contribution is 0.463. The summed E-state index contributed by atoms with van der Waals surface area (Å²) in [4.78, 5) is 11.3. The number of sulfonamides is 1. The van der Waals surface area contributed by atoms with E-state index >= 15 is 0 Å². The summed E-state index contributed by atoms with van der Waals surface area (Å²) >= 11 is 6.27. The van der Waals surface area contributed by atoms with Crippen molar-refractivity contribution in [1.29, 1.82) is 0 Å². The van der Waals surface area contributed by atoms with E-state index in [1.165, 1.54) is 6.26 Å². The van der Waals surface area contributed by atoms with Crippen LogP contribution >= 0.6 is 11.6 Å². The molecule has 0 aliphatic carbocycles. The molecule has 8 nitrogen and oxygen atoms in total. The average Bonchev–Trinajstić information content (AvgIpc) is 3.29. The molecule has 1 aromatic rings. The van der Waals surface area contributed by atoms with Gasteiger partial charge in [0, 0.05) is 51.5 Å². The smallest absolute Gasteiger partial charge is 0.211 e. The third-order valence-corrected chi connectivity index (χ3v) is 6.70. The van der Waals surface area contributed by atoms with Crippen molar-refractivity contribution in [2.24, 2.45) is 10.9 Å². The van der Waals surface area contributed by atoms with Crippen molar-refractivity contribution in [3.8, 4) is 0 Å². The molecule has 2 fully saturated rings. The van der Waals surface area contributed by atoms with E-state index in [2.05, 4.69) is 20.5 Å². The number of rotatable bonds is 6. The molecule has 3 rings (SSSR count). The van der Waals surface area contributed by atoms with E-state index in [1.807, 2.05) is 19.1 Å². The first-order valence-corrected chi connectivity index (χ1v) is 11.9. The second kappa shape index (κ2) is 9.28. The zero-order chi connectivity index (χ0) is 20.1. The molecule has 2 aliphatic heterocycles. The third kappa shape index (κ3) is 5.48. The highest BCUT2D eigenvalue weighted by Crippen LogP contribution is 2.25. The van der Waals surface area contributed by atoms with Gasteiger partial charge in [0.2, 0.25) is 10.0 Å². The zero-order valence-corrected chi connectivity index (χ0v) is 18.0. The largest absolute Gasteiger partial charge is 0.357 e. The monoisotopic (exact) mass is 428 g/mol. The van der Waals surface area contributed by atoms with E-state index in [9.17, 15) is 8.42 Å². The van der Waals surface area contributed by atoms with Crippen molar-refractivity contribution in [1.82, 2.24) is 19.9 Å². The van der Waals surface area contributed by atoms with Crippen LogP contribution in [0.3, 0.4) is 0 Å². The van der Waals surface area contributed by atoms with Crippen molar-refractivity contribution in [2.45, 2.75) is 25.8 Å². The molecule has 2 N–H and O–H groups in total. The second-order valence-electron chi connectivity index (χ2n) is 7.38. The first-order chi connectivity index (χ1) is 13.4. The van der Waals surface area contributed by atoms with Gasteiger partial charge in [-0.2, -0.15) is 0 Å². The number of nitrogens with zero attached hydrogens (tertiary/aromatic N) is 4. The minimum Gasteiger partial charge on any atom is -0.357 e. The average molecular weight is 429 g/mol. The van der Waals surface area contributed by atoms with Gasteiger partial charge in [-0.15, -0.1) is 0 Å². The van der Waals surface area contributed by atoms with Gasteiger partial charge in [-0.1, -0.05) is 11.6 Å². The van der Waals surface area contributed by atoms with Crippen LogP contribution < -0.4 is 15.5 Å². The third-order valence-electron chi connectivity index (χ3n) is 5.14. The molecule has 2 unspecified atom stereocenters. The molecule has 2 aliphatic rings. The molecular weight excluding hydrogens is 400 g/mol. The molecule has 2 saturated heterocycles. The van der Waals surface area contributed by atoms with Crippen LogP contribution in [0.5, 0.6) is 0 Å². The van der Waals surface area contributed by atoms with Crippen molar-refractivity contribution in [3.05, 3.63) is 23.4 Å². The Morgan fingerprint density at radius 3 is 2.86 bits per heavy atom. The van der Waals surface area contributed by atoms with Gasteiger partial charge >= 0.3 is 0 Å². The molecule has 0 amide bonds. The Hall–Kier alpha value is -1.58. The Bertz CT molecular complexity index is 803. The van der Waals surface area contributed by atoms with Crippen molar-refractivity contribution >= 4 is 33.4 Å². The van der Waals surface area contributed by atoms with Crippen LogP contribution in [0.1, 0.15) is 19.8 Å². The lowest BCUT2D eigenvalue weighted by atomic mass is 10.1. The van der Waals surface area contributed by atoms with Crippen molar-refractivity contribution in [3.63, 3.8) is 0 Å². The molecule has 0 saturated carbocycles. The predicted molar refractivity (Wildman–Crippen MR) is 114 cm³/mol. The highest BCUT2D eigenvalue weighted by atomic mass is 35.5. The van der Waals surface area contributed by atoms with E-state index in [4.69, 9.17) is 16.6 Å². The molecule has 10 heteroatoms.